The van der Waals surface area contributed by atoms with Gasteiger partial charge in [0.05, 0.1) is 36.4 Å². The maximum Gasteiger partial charge on any atom is 0.258 e. The van der Waals surface area contributed by atoms with Crippen molar-refractivity contribution >= 4 is 28.5 Å². The highest BCUT2D eigenvalue weighted by atomic mass is 16.5. The van der Waals surface area contributed by atoms with Gasteiger partial charge >= 0.3 is 0 Å². The number of carbonyl (C=O) groups excluding carboxylic acids is 1. The molecule has 0 spiro atoms. The maximum atomic E-state index is 12.7. The molecule has 0 saturated carbocycles. The van der Waals surface area contributed by atoms with E-state index in [-0.39, 0.29) is 5.96 Å². The van der Waals surface area contributed by atoms with Gasteiger partial charge in [0, 0.05) is 6.20 Å². The zero-order valence-corrected chi connectivity index (χ0v) is 14.4. The molecule has 1 heterocycles. The van der Waals surface area contributed by atoms with Crippen LogP contribution in [0.5, 0.6) is 11.5 Å². The molecule has 0 atom stereocenters. The Balaban J connectivity index is 1.99. The van der Waals surface area contributed by atoms with Crippen LogP contribution in [0.15, 0.2) is 59.7 Å². The van der Waals surface area contributed by atoms with Crippen LogP contribution in [0.25, 0.3) is 10.9 Å². The lowest BCUT2D eigenvalue weighted by Gasteiger charge is -2.13. The van der Waals surface area contributed by atoms with Crippen LogP contribution >= 0.6 is 0 Å². The van der Waals surface area contributed by atoms with E-state index in [9.17, 15) is 4.79 Å². The van der Waals surface area contributed by atoms with Crippen LogP contribution in [0.3, 0.4) is 0 Å². The highest BCUT2D eigenvalue weighted by molar-refractivity contribution is 6.14. The number of aromatic nitrogens is 1. The Morgan fingerprint density at radius 1 is 1.08 bits per heavy atom. The molecule has 26 heavy (non-hydrogen) atoms. The Bertz CT molecular complexity index is 971. The molecule has 0 bridgehead atoms. The molecule has 1 aromatic heterocycles. The molecule has 3 N–H and O–H groups in total. The fraction of sp³-hybridized carbons (Fsp3) is 0.105. The molecule has 0 radical (unpaired) electrons. The lowest BCUT2D eigenvalue weighted by atomic mass is 10.1. The molecule has 2 aromatic carbocycles. The molecule has 0 aliphatic carbocycles. The minimum atomic E-state index is -0.416. The van der Waals surface area contributed by atoms with Gasteiger partial charge in [-0.15, -0.1) is 0 Å². The summed E-state index contributed by atoms with van der Waals surface area (Å²) >= 11 is 0. The van der Waals surface area contributed by atoms with Crippen LogP contribution in [-0.2, 0) is 0 Å². The normalized spacial score (nSPS) is 11.2. The van der Waals surface area contributed by atoms with Crippen LogP contribution in [0.4, 0.5) is 5.69 Å². The highest BCUT2D eigenvalue weighted by Crippen LogP contribution is 2.36. The number of aliphatic imine (C=N–C) groups is 1. The first kappa shape index (κ1) is 17.2. The molecule has 3 aromatic rings. The van der Waals surface area contributed by atoms with Gasteiger partial charge in [-0.1, -0.05) is 18.2 Å². The van der Waals surface area contributed by atoms with E-state index in [0.29, 0.717) is 33.7 Å². The Hall–Kier alpha value is -3.61. The van der Waals surface area contributed by atoms with Gasteiger partial charge in [0.2, 0.25) is 5.96 Å². The van der Waals surface area contributed by atoms with E-state index >= 15 is 0 Å². The molecule has 7 nitrogen and oxygen atoms in total. The van der Waals surface area contributed by atoms with E-state index in [4.69, 9.17) is 15.2 Å². The third-order valence-corrected chi connectivity index (χ3v) is 3.74. The van der Waals surface area contributed by atoms with Gasteiger partial charge in [0.25, 0.3) is 5.91 Å². The summed E-state index contributed by atoms with van der Waals surface area (Å²) in [6.45, 7) is 0. The summed E-state index contributed by atoms with van der Waals surface area (Å²) in [5.74, 6) is 0.518. The van der Waals surface area contributed by atoms with Crippen LogP contribution in [0.2, 0.25) is 0 Å². The number of benzene rings is 2. The number of fused-ring (bicyclic) bond motifs is 1. The number of carbonyl (C=O) groups is 1. The Morgan fingerprint density at radius 2 is 1.85 bits per heavy atom. The number of para-hydroxylation sites is 1. The van der Waals surface area contributed by atoms with Crippen molar-refractivity contribution in [2.24, 2.45) is 10.7 Å². The van der Waals surface area contributed by atoms with Gasteiger partial charge in [-0.2, -0.15) is 0 Å². The predicted molar refractivity (Wildman–Crippen MR) is 100 cm³/mol. The van der Waals surface area contributed by atoms with Gasteiger partial charge in [-0.25, -0.2) is 4.99 Å². The van der Waals surface area contributed by atoms with E-state index < -0.39 is 5.91 Å². The van der Waals surface area contributed by atoms with Crippen LogP contribution < -0.4 is 20.5 Å². The fourth-order valence-electron chi connectivity index (χ4n) is 2.60. The number of ether oxygens (including phenoxy) is 2. The summed E-state index contributed by atoms with van der Waals surface area (Å²) < 4.78 is 10.7. The zero-order valence-electron chi connectivity index (χ0n) is 14.4. The molecule has 3 rings (SSSR count). The first-order valence-corrected chi connectivity index (χ1v) is 7.84. The van der Waals surface area contributed by atoms with Crippen molar-refractivity contribution in [3.8, 4) is 11.5 Å². The average molecular weight is 350 g/mol. The second-order valence-electron chi connectivity index (χ2n) is 5.34. The van der Waals surface area contributed by atoms with Gasteiger partial charge in [0.1, 0.15) is 0 Å². The van der Waals surface area contributed by atoms with E-state index in [1.54, 1.807) is 36.5 Å². The summed E-state index contributed by atoms with van der Waals surface area (Å²) in [7, 11) is 3.04. The summed E-state index contributed by atoms with van der Waals surface area (Å²) in [4.78, 5) is 21.2. The number of guanidine groups is 1. The molecule has 132 valence electrons. The number of nitrogens with two attached hydrogens (primary N) is 1. The summed E-state index contributed by atoms with van der Waals surface area (Å²) in [6.07, 6.45) is 1.55. The van der Waals surface area contributed by atoms with Crippen LogP contribution in [0.1, 0.15) is 10.4 Å². The molecule has 0 fully saturated rings. The molecule has 0 unspecified atom stereocenters. The summed E-state index contributed by atoms with van der Waals surface area (Å²) in [5, 5.41) is 3.13. The molecule has 1 amide bonds. The van der Waals surface area contributed by atoms with Crippen molar-refractivity contribution in [2.75, 3.05) is 14.2 Å². The first-order chi connectivity index (χ1) is 12.6. The lowest BCUT2D eigenvalue weighted by molar-refractivity contribution is 0.0978. The third kappa shape index (κ3) is 3.41. The minimum absolute atomic E-state index is 0.00646. The second kappa shape index (κ2) is 7.52. The van der Waals surface area contributed by atoms with Crippen LogP contribution in [-0.4, -0.2) is 31.1 Å². The van der Waals surface area contributed by atoms with Gasteiger partial charge < -0.3 is 15.2 Å². The van der Waals surface area contributed by atoms with E-state index in [2.05, 4.69) is 15.3 Å². The van der Waals surface area contributed by atoms with E-state index in [1.807, 2.05) is 18.2 Å². The minimum Gasteiger partial charge on any atom is -0.493 e. The number of hydrogen-bond donors (Lipinski definition) is 2. The van der Waals surface area contributed by atoms with Crippen molar-refractivity contribution in [1.82, 2.24) is 10.3 Å². The van der Waals surface area contributed by atoms with Gasteiger partial charge in [0.15, 0.2) is 11.5 Å². The predicted octanol–water partition coefficient (Wildman–Crippen LogP) is 2.63. The Labute approximate surface area is 150 Å². The second-order valence-corrected chi connectivity index (χ2v) is 5.34. The Kier molecular flexibility index (Phi) is 4.98. The smallest absolute Gasteiger partial charge is 0.258 e. The molecular formula is C19H18N4O3. The lowest BCUT2D eigenvalue weighted by Crippen LogP contribution is -2.36. The summed E-state index contributed by atoms with van der Waals surface area (Å²) in [6, 6.07) is 14.2. The number of nitrogens with zero attached hydrogens (tertiary/aromatic N) is 2. The van der Waals surface area contributed by atoms with Crippen LogP contribution in [0, 0.1) is 0 Å². The summed E-state index contributed by atoms with van der Waals surface area (Å²) in [5.41, 5.74) is 7.47. The van der Waals surface area contributed by atoms with E-state index in [0.717, 1.165) is 0 Å². The SMILES string of the molecule is COc1ccc2nccc(C(=O)NC(N)=Nc3ccccc3)c2c1OC. The molecular weight excluding hydrogens is 332 g/mol. The topological polar surface area (TPSA) is 98.8 Å². The van der Waals surface area contributed by atoms with Crippen molar-refractivity contribution < 1.29 is 14.3 Å². The van der Waals surface area contributed by atoms with Crippen molar-refractivity contribution in [3.63, 3.8) is 0 Å². The standard InChI is InChI=1S/C19H18N4O3/c1-25-15-9-8-14-16(17(15)26-2)13(10-11-21-14)18(24)23-19(20)22-12-6-4-3-5-7-12/h3-11H,1-2H3,(H3,20,22,23,24). The number of hydrogen-bond acceptors (Lipinski definition) is 5. The number of amides is 1. The number of rotatable bonds is 4. The quantitative estimate of drug-likeness (QED) is 0.557. The zero-order chi connectivity index (χ0) is 18.5. The van der Waals surface area contributed by atoms with Gasteiger partial charge in [-0.05, 0) is 30.3 Å². The maximum absolute atomic E-state index is 12.7. The third-order valence-electron chi connectivity index (χ3n) is 3.74. The first-order valence-electron chi connectivity index (χ1n) is 7.84. The fourth-order valence-corrected chi connectivity index (χ4v) is 2.60. The number of nitrogens with one attached hydrogen (secondary N) is 1. The van der Waals surface area contributed by atoms with Crippen molar-refractivity contribution in [2.45, 2.75) is 0 Å². The van der Waals surface area contributed by atoms with E-state index in [1.165, 1.54) is 14.2 Å². The number of methoxy groups -OCH3 is 2. The largest absolute Gasteiger partial charge is 0.493 e. The number of pyridine rings is 1. The Morgan fingerprint density at radius 3 is 2.54 bits per heavy atom. The molecule has 7 heteroatoms. The van der Waals surface area contributed by atoms with Gasteiger partial charge in [-0.3, -0.25) is 15.1 Å². The van der Waals surface area contributed by atoms with Crippen molar-refractivity contribution in [3.05, 3.63) is 60.3 Å². The average Bonchev–Trinajstić information content (AvgIpc) is 2.67. The van der Waals surface area contributed by atoms with Crippen molar-refractivity contribution in [1.29, 1.82) is 0 Å². The monoisotopic (exact) mass is 350 g/mol. The molecule has 0 saturated heterocycles. The molecule has 0 aliphatic heterocycles. The highest BCUT2D eigenvalue weighted by Gasteiger charge is 2.18. The molecule has 0 aliphatic rings.